The lowest BCUT2D eigenvalue weighted by Crippen LogP contribution is -2.39. The van der Waals surface area contributed by atoms with E-state index in [1.165, 1.54) is 0 Å². The quantitative estimate of drug-likeness (QED) is 0.585. The molecule has 3 unspecified atom stereocenters. The van der Waals surface area contributed by atoms with Crippen LogP contribution in [0.1, 0.15) is 33.6 Å². The van der Waals surface area contributed by atoms with Crippen LogP contribution in [0.2, 0.25) is 0 Å². The van der Waals surface area contributed by atoms with E-state index in [0.717, 1.165) is 6.42 Å². The molecule has 3 atom stereocenters. The van der Waals surface area contributed by atoms with Gasteiger partial charge in [-0.25, -0.2) is 0 Å². The third-order valence-corrected chi connectivity index (χ3v) is 3.00. The fraction of sp³-hybridized carbons (Fsp3) is 0.923. The summed E-state index contributed by atoms with van der Waals surface area (Å²) in [7, 11) is 0. The minimum Gasteiger partial charge on any atom is -0.389 e. The molecule has 5 heteroatoms. The van der Waals surface area contributed by atoms with Crippen LogP contribution >= 0.6 is 0 Å². The second-order valence-electron chi connectivity index (χ2n) is 5.54. The van der Waals surface area contributed by atoms with Crippen LogP contribution in [0.5, 0.6) is 0 Å². The highest BCUT2D eigenvalue weighted by Crippen LogP contribution is 2.07. The molecule has 0 spiro atoms. The lowest BCUT2D eigenvalue weighted by atomic mass is 10.1. The number of nitrogens with one attached hydrogen (secondary N) is 2. The fourth-order valence-electron chi connectivity index (χ4n) is 2.12. The zero-order valence-electron chi connectivity index (χ0n) is 11.6. The van der Waals surface area contributed by atoms with Crippen LogP contribution in [0, 0.1) is 5.92 Å². The number of aliphatic hydroxyl groups excluding tert-OH is 1. The van der Waals surface area contributed by atoms with Gasteiger partial charge in [0.15, 0.2) is 0 Å². The van der Waals surface area contributed by atoms with Crippen LogP contribution in [0.25, 0.3) is 0 Å². The van der Waals surface area contributed by atoms with Crippen molar-refractivity contribution in [3.05, 3.63) is 0 Å². The maximum absolute atomic E-state index is 11.0. The first-order valence-corrected chi connectivity index (χ1v) is 6.77. The van der Waals surface area contributed by atoms with Crippen molar-refractivity contribution in [3.8, 4) is 0 Å². The van der Waals surface area contributed by atoms with Crippen molar-refractivity contribution in [3.63, 3.8) is 0 Å². The molecule has 0 aromatic heterocycles. The molecule has 1 aliphatic rings. The number of rotatable bonds is 8. The van der Waals surface area contributed by atoms with E-state index >= 15 is 0 Å². The van der Waals surface area contributed by atoms with Crippen LogP contribution in [-0.2, 0) is 9.53 Å². The Kier molecular flexibility index (Phi) is 6.60. The van der Waals surface area contributed by atoms with E-state index in [4.69, 9.17) is 4.74 Å². The molecular weight excluding hydrogens is 232 g/mol. The molecule has 106 valence electrons. The van der Waals surface area contributed by atoms with Crippen molar-refractivity contribution < 1.29 is 14.6 Å². The normalized spacial score (nSPS) is 23.2. The van der Waals surface area contributed by atoms with Gasteiger partial charge in [0.1, 0.15) is 0 Å². The summed E-state index contributed by atoms with van der Waals surface area (Å²) in [6, 6.07) is 0.139. The molecule has 1 saturated heterocycles. The molecule has 18 heavy (non-hydrogen) atoms. The summed E-state index contributed by atoms with van der Waals surface area (Å²) in [6.07, 6.45) is 1.16. The van der Waals surface area contributed by atoms with Crippen LogP contribution in [0.3, 0.4) is 0 Å². The summed E-state index contributed by atoms with van der Waals surface area (Å²) in [5, 5.41) is 15.7. The standard InChI is InChI=1S/C13H26N2O3/c1-9(2)4-10(3)18-8-12(16)7-14-11-5-13(17)15-6-11/h9-12,14,16H,4-8H2,1-3H3,(H,15,17). The van der Waals surface area contributed by atoms with Crippen molar-refractivity contribution in [2.24, 2.45) is 5.92 Å². The lowest BCUT2D eigenvalue weighted by Gasteiger charge is -2.19. The summed E-state index contributed by atoms with van der Waals surface area (Å²) >= 11 is 0. The molecule has 0 aliphatic carbocycles. The Morgan fingerprint density at radius 3 is 2.78 bits per heavy atom. The van der Waals surface area contributed by atoms with Gasteiger partial charge in [-0.05, 0) is 19.3 Å². The van der Waals surface area contributed by atoms with Gasteiger partial charge in [-0.15, -0.1) is 0 Å². The summed E-state index contributed by atoms with van der Waals surface area (Å²) < 4.78 is 5.58. The topological polar surface area (TPSA) is 70.6 Å². The molecule has 0 aromatic carbocycles. The van der Waals surface area contributed by atoms with Crippen LogP contribution in [0.4, 0.5) is 0 Å². The highest BCUT2D eigenvalue weighted by Gasteiger charge is 2.21. The average molecular weight is 258 g/mol. The molecule has 1 fully saturated rings. The fourth-order valence-corrected chi connectivity index (χ4v) is 2.12. The third kappa shape index (κ3) is 6.33. The van der Waals surface area contributed by atoms with Gasteiger partial charge in [0.25, 0.3) is 0 Å². The molecule has 0 radical (unpaired) electrons. The van der Waals surface area contributed by atoms with Gasteiger partial charge in [0, 0.05) is 25.6 Å². The smallest absolute Gasteiger partial charge is 0.221 e. The Balaban J connectivity index is 2.06. The van der Waals surface area contributed by atoms with Gasteiger partial charge in [0.05, 0.1) is 18.8 Å². The molecule has 1 rings (SSSR count). The largest absolute Gasteiger partial charge is 0.389 e. The van der Waals surface area contributed by atoms with Crippen molar-refractivity contribution >= 4 is 5.91 Å². The second kappa shape index (κ2) is 7.71. The number of aliphatic hydroxyl groups is 1. The second-order valence-corrected chi connectivity index (χ2v) is 5.54. The summed E-state index contributed by atoms with van der Waals surface area (Å²) in [5.41, 5.74) is 0. The number of ether oxygens (including phenoxy) is 1. The number of hydrogen-bond donors (Lipinski definition) is 3. The predicted molar refractivity (Wildman–Crippen MR) is 70.3 cm³/mol. The molecule has 0 aromatic rings. The highest BCUT2D eigenvalue weighted by atomic mass is 16.5. The minimum atomic E-state index is -0.518. The van der Waals surface area contributed by atoms with Gasteiger partial charge in [-0.2, -0.15) is 0 Å². The van der Waals surface area contributed by atoms with E-state index in [9.17, 15) is 9.90 Å². The van der Waals surface area contributed by atoms with Gasteiger partial charge in [-0.3, -0.25) is 4.79 Å². The van der Waals surface area contributed by atoms with E-state index in [2.05, 4.69) is 24.5 Å². The van der Waals surface area contributed by atoms with E-state index < -0.39 is 6.10 Å². The van der Waals surface area contributed by atoms with Crippen LogP contribution < -0.4 is 10.6 Å². The Morgan fingerprint density at radius 1 is 1.50 bits per heavy atom. The van der Waals surface area contributed by atoms with Crippen LogP contribution in [-0.4, -0.2) is 49.0 Å². The van der Waals surface area contributed by atoms with E-state index in [1.807, 2.05) is 6.92 Å². The van der Waals surface area contributed by atoms with Gasteiger partial charge in [0.2, 0.25) is 5.91 Å². The first kappa shape index (κ1) is 15.4. The van der Waals surface area contributed by atoms with E-state index in [0.29, 0.717) is 32.0 Å². The van der Waals surface area contributed by atoms with Crippen molar-refractivity contribution in [1.82, 2.24) is 10.6 Å². The predicted octanol–water partition coefficient (Wildman–Crippen LogP) is 0.277. The Bertz CT molecular complexity index is 259. The van der Waals surface area contributed by atoms with Crippen LogP contribution in [0.15, 0.2) is 0 Å². The van der Waals surface area contributed by atoms with Gasteiger partial charge < -0.3 is 20.5 Å². The van der Waals surface area contributed by atoms with E-state index in [-0.39, 0.29) is 18.1 Å². The zero-order valence-corrected chi connectivity index (χ0v) is 11.6. The molecule has 1 heterocycles. The monoisotopic (exact) mass is 258 g/mol. The van der Waals surface area contributed by atoms with E-state index in [1.54, 1.807) is 0 Å². The maximum atomic E-state index is 11.0. The molecule has 5 nitrogen and oxygen atoms in total. The highest BCUT2D eigenvalue weighted by molar-refractivity contribution is 5.78. The number of carbonyl (C=O) groups excluding carboxylic acids is 1. The first-order valence-electron chi connectivity index (χ1n) is 6.77. The first-order chi connectivity index (χ1) is 8.47. The molecule has 1 amide bonds. The molecular formula is C13H26N2O3. The third-order valence-electron chi connectivity index (χ3n) is 3.00. The minimum absolute atomic E-state index is 0.0730. The Morgan fingerprint density at radius 2 is 2.22 bits per heavy atom. The van der Waals surface area contributed by atoms with Gasteiger partial charge >= 0.3 is 0 Å². The number of hydrogen-bond acceptors (Lipinski definition) is 4. The number of carbonyl (C=O) groups is 1. The molecule has 1 aliphatic heterocycles. The number of amides is 1. The van der Waals surface area contributed by atoms with Crippen molar-refractivity contribution in [1.29, 1.82) is 0 Å². The van der Waals surface area contributed by atoms with Gasteiger partial charge in [-0.1, -0.05) is 13.8 Å². The maximum Gasteiger partial charge on any atom is 0.221 e. The lowest BCUT2D eigenvalue weighted by molar-refractivity contribution is -0.119. The molecule has 3 N–H and O–H groups in total. The van der Waals surface area contributed by atoms with Crippen molar-refractivity contribution in [2.45, 2.75) is 51.9 Å². The summed E-state index contributed by atoms with van der Waals surface area (Å²) in [6.45, 7) is 7.79. The summed E-state index contributed by atoms with van der Waals surface area (Å²) in [4.78, 5) is 11.0. The Labute approximate surface area is 109 Å². The van der Waals surface area contributed by atoms with Crippen molar-refractivity contribution in [2.75, 3.05) is 19.7 Å². The Hall–Kier alpha value is -0.650. The SMILES string of the molecule is CC(C)CC(C)OCC(O)CNC1CNC(=O)C1. The molecule has 0 bridgehead atoms. The zero-order chi connectivity index (χ0) is 13.5. The summed E-state index contributed by atoms with van der Waals surface area (Å²) in [5.74, 6) is 0.676. The molecule has 0 saturated carbocycles. The average Bonchev–Trinajstić information content (AvgIpc) is 2.69.